The second kappa shape index (κ2) is 12.7. The van der Waals surface area contributed by atoms with Gasteiger partial charge >= 0.3 is 0 Å². The average molecular weight is 684 g/mol. The van der Waals surface area contributed by atoms with Crippen LogP contribution in [0, 0.1) is 5.41 Å². The smallest absolute Gasteiger partial charge is 0.257 e. The normalized spacial score (nSPS) is 20.6. The van der Waals surface area contributed by atoms with Crippen molar-refractivity contribution >= 4 is 37.4 Å². The Morgan fingerprint density at radius 3 is 2.04 bits per heavy atom. The lowest BCUT2D eigenvalue weighted by atomic mass is 9.88. The zero-order valence-corrected chi connectivity index (χ0v) is 30.9. The van der Waals surface area contributed by atoms with Crippen LogP contribution in [-0.4, -0.2) is 63.0 Å². The molecule has 0 saturated heterocycles. The molecule has 1 aliphatic carbocycles. The van der Waals surface area contributed by atoms with Crippen LogP contribution in [0.5, 0.6) is 0 Å². The molecule has 0 aromatic heterocycles. The Morgan fingerprint density at radius 2 is 1.50 bits per heavy atom. The third-order valence-electron chi connectivity index (χ3n) is 10.1. The Hall–Kier alpha value is -2.23. The molecule has 0 bridgehead atoms. The molecule has 6 nitrogen and oxygen atoms in total. The zero-order valence-electron chi connectivity index (χ0n) is 28.4. The fourth-order valence-electron chi connectivity index (χ4n) is 5.99. The molecule has 1 saturated carbocycles. The van der Waals surface area contributed by atoms with Crippen molar-refractivity contribution in [2.24, 2.45) is 5.41 Å². The van der Waals surface area contributed by atoms with Crippen LogP contribution in [0.4, 0.5) is 0 Å². The number of rotatable bonds is 12. The van der Waals surface area contributed by atoms with Gasteiger partial charge in [-0.25, -0.2) is 0 Å². The van der Waals surface area contributed by atoms with E-state index in [0.717, 1.165) is 29.5 Å². The molecule has 2 unspecified atom stereocenters. The summed E-state index contributed by atoms with van der Waals surface area (Å²) in [4.78, 5) is 18.4. The van der Waals surface area contributed by atoms with Gasteiger partial charge in [-0.05, 0) is 93.5 Å². The largest absolute Gasteiger partial charge is 0.416 e. The minimum absolute atomic E-state index is 0.103. The van der Waals surface area contributed by atoms with E-state index in [9.17, 15) is 9.90 Å². The van der Waals surface area contributed by atoms with Gasteiger partial charge in [0.15, 0.2) is 14.0 Å². The summed E-state index contributed by atoms with van der Waals surface area (Å²) in [6.45, 7) is 14.9. The van der Waals surface area contributed by atoms with E-state index in [1.54, 1.807) is 6.92 Å². The molecule has 1 N–H and O–H groups in total. The fourth-order valence-corrected chi connectivity index (χ4v) is 7.34. The van der Waals surface area contributed by atoms with E-state index in [4.69, 9.17) is 32.4 Å². The highest BCUT2D eigenvalue weighted by molar-refractivity contribution is 6.74. The molecule has 0 spiro atoms. The lowest BCUT2D eigenvalue weighted by molar-refractivity contribution is -0.128. The van der Waals surface area contributed by atoms with E-state index in [1.165, 1.54) is 0 Å². The lowest BCUT2D eigenvalue weighted by Gasteiger charge is -2.41. The maximum absolute atomic E-state index is 14.6. The molecule has 0 radical (unpaired) electrons. The molecular formula is C37H48Cl2N2O4Si. The lowest BCUT2D eigenvalue weighted by Crippen LogP contribution is -2.48. The van der Waals surface area contributed by atoms with Crippen molar-refractivity contribution in [1.29, 1.82) is 0 Å². The molecule has 5 rings (SSSR count). The van der Waals surface area contributed by atoms with E-state index in [2.05, 4.69) is 33.9 Å². The van der Waals surface area contributed by atoms with E-state index < -0.39 is 19.6 Å². The Balaban J connectivity index is 1.61. The number of carbonyl (C=O) groups excluding carboxylic acids is 1. The standard InChI is InChI=1S/C37H48Cl2N2O4Si/c1-34(2,3)46(7,8)45-25-36(19-20-36)24-44-37(27-11-16-30(39)17-12-27)32-18-13-28(35(4,43)23-40(5)6)21-31(32)33(42)41(37)22-26-9-14-29(38)15-10-26/h9-18,21,43H,19-20,22-25H2,1-8H3. The minimum atomic E-state index is -1.97. The second-order valence-electron chi connectivity index (χ2n) is 15.3. The van der Waals surface area contributed by atoms with E-state index in [1.807, 2.05) is 90.6 Å². The first-order valence-electron chi connectivity index (χ1n) is 16.0. The second-order valence-corrected chi connectivity index (χ2v) is 21.0. The predicted octanol–water partition coefficient (Wildman–Crippen LogP) is 8.44. The summed E-state index contributed by atoms with van der Waals surface area (Å²) < 4.78 is 13.9. The number of aliphatic hydroxyl groups is 1. The van der Waals surface area contributed by atoms with Gasteiger partial charge in [-0.15, -0.1) is 0 Å². The summed E-state index contributed by atoms with van der Waals surface area (Å²) in [7, 11) is 1.87. The third kappa shape index (κ3) is 6.97. The first kappa shape index (κ1) is 35.1. The number of ether oxygens (including phenoxy) is 1. The Morgan fingerprint density at radius 1 is 0.913 bits per heavy atom. The molecule has 3 aromatic rings. The van der Waals surface area contributed by atoms with Gasteiger partial charge in [0.05, 0.1) is 12.2 Å². The fraction of sp³-hybridized carbons (Fsp3) is 0.486. The van der Waals surface area contributed by atoms with Crippen LogP contribution in [0.25, 0.3) is 0 Å². The molecule has 248 valence electrons. The van der Waals surface area contributed by atoms with Crippen LogP contribution in [0.2, 0.25) is 28.2 Å². The van der Waals surface area contributed by atoms with E-state index in [0.29, 0.717) is 47.5 Å². The Bertz CT molecular complexity index is 1560. The summed E-state index contributed by atoms with van der Waals surface area (Å²) in [6.07, 6.45) is 2.01. The molecule has 9 heteroatoms. The number of hydrogen-bond acceptors (Lipinski definition) is 5. The molecule has 2 atom stereocenters. The number of nitrogens with zero attached hydrogens (tertiary/aromatic N) is 2. The zero-order chi connectivity index (χ0) is 33.7. The van der Waals surface area contributed by atoms with Gasteiger partial charge in [0.1, 0.15) is 0 Å². The molecule has 46 heavy (non-hydrogen) atoms. The van der Waals surface area contributed by atoms with Crippen molar-refractivity contribution in [1.82, 2.24) is 9.80 Å². The Kier molecular flexibility index (Phi) is 9.66. The third-order valence-corrected chi connectivity index (χ3v) is 15.0. The number of fused-ring (bicyclic) bond motifs is 1. The quantitative estimate of drug-likeness (QED) is 0.194. The van der Waals surface area contributed by atoms with Crippen molar-refractivity contribution in [2.45, 2.75) is 76.5 Å². The first-order valence-corrected chi connectivity index (χ1v) is 19.7. The maximum atomic E-state index is 14.6. The van der Waals surface area contributed by atoms with Gasteiger partial charge in [-0.3, -0.25) is 9.69 Å². The van der Waals surface area contributed by atoms with Gasteiger partial charge in [-0.2, -0.15) is 0 Å². The van der Waals surface area contributed by atoms with E-state index >= 15 is 0 Å². The van der Waals surface area contributed by atoms with Gasteiger partial charge in [0.2, 0.25) is 0 Å². The van der Waals surface area contributed by atoms with Crippen molar-refractivity contribution in [3.8, 4) is 0 Å². The van der Waals surface area contributed by atoms with E-state index in [-0.39, 0.29) is 16.4 Å². The van der Waals surface area contributed by atoms with Crippen molar-refractivity contribution in [2.75, 3.05) is 33.9 Å². The molecular weight excluding hydrogens is 635 g/mol. The molecule has 1 heterocycles. The molecule has 3 aromatic carbocycles. The molecule has 1 amide bonds. The number of carbonyl (C=O) groups is 1. The SMILES string of the molecule is CN(C)CC(C)(O)c1ccc2c(c1)C(=O)N(Cc1ccc(Cl)cc1)C2(OCC1(CO[Si](C)(C)C(C)(C)C)CC1)c1ccc(Cl)cc1. The number of benzene rings is 3. The number of likely N-dealkylation sites (N-methyl/N-ethyl adjacent to an activating group) is 1. The predicted molar refractivity (Wildman–Crippen MR) is 189 cm³/mol. The summed E-state index contributed by atoms with van der Waals surface area (Å²) in [5.74, 6) is -0.162. The number of amides is 1. The molecule has 1 fully saturated rings. The molecule has 2 aliphatic rings. The molecule has 1 aliphatic heterocycles. The summed E-state index contributed by atoms with van der Waals surface area (Å²) >= 11 is 12.6. The van der Waals surface area contributed by atoms with Crippen LogP contribution in [0.15, 0.2) is 66.7 Å². The van der Waals surface area contributed by atoms with Gasteiger partial charge in [-0.1, -0.05) is 80.4 Å². The number of halogens is 2. The van der Waals surface area contributed by atoms with Crippen LogP contribution in [0.3, 0.4) is 0 Å². The summed E-state index contributed by atoms with van der Waals surface area (Å²) in [6, 6.07) is 20.8. The summed E-state index contributed by atoms with van der Waals surface area (Å²) in [5.41, 5.74) is 1.17. The van der Waals surface area contributed by atoms with Crippen molar-refractivity contribution in [3.63, 3.8) is 0 Å². The number of hydrogen-bond donors (Lipinski definition) is 1. The Labute approximate surface area is 285 Å². The maximum Gasteiger partial charge on any atom is 0.257 e. The highest BCUT2D eigenvalue weighted by Crippen LogP contribution is 2.53. The average Bonchev–Trinajstić information content (AvgIpc) is 3.71. The monoisotopic (exact) mass is 682 g/mol. The van der Waals surface area contributed by atoms with Gasteiger partial charge in [0, 0.05) is 51.8 Å². The highest BCUT2D eigenvalue weighted by Gasteiger charge is 2.55. The topological polar surface area (TPSA) is 62.2 Å². The van der Waals surface area contributed by atoms with Gasteiger partial charge in [0.25, 0.3) is 5.91 Å². The highest BCUT2D eigenvalue weighted by atomic mass is 35.5. The van der Waals surface area contributed by atoms with Crippen LogP contribution >= 0.6 is 23.2 Å². The van der Waals surface area contributed by atoms with Gasteiger partial charge < -0.3 is 19.2 Å². The minimum Gasteiger partial charge on any atom is -0.416 e. The summed E-state index contributed by atoms with van der Waals surface area (Å²) in [5, 5.41) is 12.8. The van der Waals surface area contributed by atoms with Crippen LogP contribution in [-0.2, 0) is 27.0 Å². The van der Waals surface area contributed by atoms with Crippen LogP contribution in [0.1, 0.15) is 73.1 Å². The van der Waals surface area contributed by atoms with Crippen LogP contribution < -0.4 is 0 Å². The first-order chi connectivity index (χ1) is 21.4. The van der Waals surface area contributed by atoms with Crippen molar-refractivity contribution in [3.05, 3.63) is 105 Å². The van der Waals surface area contributed by atoms with Crippen molar-refractivity contribution < 1.29 is 19.1 Å².